The Morgan fingerprint density at radius 3 is 1.98 bits per heavy atom. The normalized spacial score (nSPS) is 11.9. The van der Waals surface area contributed by atoms with Crippen molar-refractivity contribution in [2.75, 3.05) is 0 Å². The maximum Gasteiger partial charge on any atom is 0.166 e. The zero-order valence-electron chi connectivity index (χ0n) is 28.2. The zero-order chi connectivity index (χ0) is 35.0. The van der Waals surface area contributed by atoms with Crippen LogP contribution in [0.4, 0.5) is 0 Å². The Morgan fingerprint density at radius 1 is 0.453 bits per heavy atom. The van der Waals surface area contributed by atoms with Gasteiger partial charge in [-0.05, 0) is 95.2 Å². The molecule has 2 heterocycles. The van der Waals surface area contributed by atoms with Crippen LogP contribution < -0.4 is 4.74 Å². The summed E-state index contributed by atoms with van der Waals surface area (Å²) in [6.45, 7) is 0. The van der Waals surface area contributed by atoms with Crippen LogP contribution in [0.3, 0.4) is 0 Å². The monoisotopic (exact) mass is 674 g/mol. The highest BCUT2D eigenvalue weighted by molar-refractivity contribution is 6.26. The highest BCUT2D eigenvalue weighted by atomic mass is 16.5. The van der Waals surface area contributed by atoms with Crippen molar-refractivity contribution < 1.29 is 4.74 Å². The van der Waals surface area contributed by atoms with Crippen LogP contribution in [-0.4, -0.2) is 15.0 Å². The van der Waals surface area contributed by atoms with Crippen LogP contribution in [-0.2, 0) is 0 Å². The molecule has 244 valence electrons. The summed E-state index contributed by atoms with van der Waals surface area (Å²) >= 11 is 0. The first kappa shape index (κ1) is 29.3. The van der Waals surface area contributed by atoms with Gasteiger partial charge < -0.3 is 4.74 Å². The van der Waals surface area contributed by atoms with Gasteiger partial charge in [0.1, 0.15) is 24.2 Å². The SMILES string of the molecule is N#Cc1ccc2c(c1)c1c(c3ccccc32)Oc2c(-c3ncncn3)ccc3c(-c4cc5ccccc5c5c(-c6ccccc6)cccc45)ccc-1c23. The zero-order valence-corrected chi connectivity index (χ0v) is 28.2. The summed E-state index contributed by atoms with van der Waals surface area (Å²) in [5.74, 6) is 2.00. The van der Waals surface area contributed by atoms with E-state index in [1.165, 1.54) is 45.3 Å². The number of aromatic nitrogens is 3. The van der Waals surface area contributed by atoms with Crippen molar-refractivity contribution in [3.63, 3.8) is 0 Å². The molecule has 1 aliphatic rings. The van der Waals surface area contributed by atoms with Crippen molar-refractivity contribution in [3.05, 3.63) is 164 Å². The molecular weight excluding hydrogens is 649 g/mol. The Morgan fingerprint density at radius 2 is 1.13 bits per heavy atom. The largest absolute Gasteiger partial charge is 0.455 e. The second-order valence-corrected chi connectivity index (χ2v) is 13.5. The molecule has 0 radical (unpaired) electrons. The lowest BCUT2D eigenvalue weighted by atomic mass is 9.83. The summed E-state index contributed by atoms with van der Waals surface area (Å²) in [4.78, 5) is 13.2. The fourth-order valence-electron chi connectivity index (χ4n) is 8.45. The second kappa shape index (κ2) is 11.3. The van der Waals surface area contributed by atoms with E-state index in [0.717, 1.165) is 65.9 Å². The van der Waals surface area contributed by atoms with Gasteiger partial charge in [-0.15, -0.1) is 0 Å². The maximum atomic E-state index is 10.0. The summed E-state index contributed by atoms with van der Waals surface area (Å²) in [5, 5.41) is 21.0. The number of benzene rings is 9. The van der Waals surface area contributed by atoms with Gasteiger partial charge in [0.15, 0.2) is 5.82 Å². The molecule has 0 fully saturated rings. The molecule has 5 nitrogen and oxygen atoms in total. The van der Waals surface area contributed by atoms with E-state index in [9.17, 15) is 5.26 Å². The van der Waals surface area contributed by atoms with Crippen molar-refractivity contribution in [1.82, 2.24) is 15.0 Å². The van der Waals surface area contributed by atoms with Crippen molar-refractivity contribution in [2.45, 2.75) is 0 Å². The van der Waals surface area contributed by atoms with E-state index >= 15 is 0 Å². The molecule has 0 amide bonds. The first-order chi connectivity index (χ1) is 26.3. The number of rotatable bonds is 3. The third kappa shape index (κ3) is 4.27. The highest BCUT2D eigenvalue weighted by Gasteiger charge is 2.30. The number of nitrogens with zero attached hydrogens (tertiary/aromatic N) is 4. The number of hydrogen-bond acceptors (Lipinski definition) is 5. The molecule has 0 unspecified atom stereocenters. The van der Waals surface area contributed by atoms with Crippen LogP contribution in [0.2, 0.25) is 0 Å². The van der Waals surface area contributed by atoms with Gasteiger partial charge in [-0.25, -0.2) is 15.0 Å². The molecule has 0 aliphatic carbocycles. The lowest BCUT2D eigenvalue weighted by molar-refractivity contribution is 0.494. The number of ether oxygens (including phenoxy) is 1. The number of nitriles is 1. The molecule has 9 aromatic carbocycles. The Labute approximate surface area is 304 Å². The molecule has 10 aromatic rings. The van der Waals surface area contributed by atoms with Crippen molar-refractivity contribution in [1.29, 1.82) is 5.26 Å². The molecule has 1 aliphatic heterocycles. The molecule has 0 atom stereocenters. The fraction of sp³-hybridized carbons (Fsp3) is 0. The minimum atomic E-state index is 0.539. The van der Waals surface area contributed by atoms with E-state index < -0.39 is 0 Å². The molecule has 53 heavy (non-hydrogen) atoms. The Balaban J connectivity index is 1.29. The van der Waals surface area contributed by atoms with Crippen LogP contribution in [0, 0.1) is 11.3 Å². The summed E-state index contributed by atoms with van der Waals surface area (Å²) < 4.78 is 7.17. The molecular formula is C48H26N4O. The lowest BCUT2D eigenvalue weighted by Crippen LogP contribution is -2.03. The van der Waals surface area contributed by atoms with Gasteiger partial charge in [-0.2, -0.15) is 5.26 Å². The van der Waals surface area contributed by atoms with E-state index in [0.29, 0.717) is 17.1 Å². The predicted octanol–water partition coefficient (Wildman–Crippen LogP) is 12.3. The van der Waals surface area contributed by atoms with Gasteiger partial charge in [0.25, 0.3) is 0 Å². The van der Waals surface area contributed by atoms with Crippen LogP contribution >= 0.6 is 0 Å². The molecule has 0 N–H and O–H groups in total. The highest BCUT2D eigenvalue weighted by Crippen LogP contribution is 2.56. The van der Waals surface area contributed by atoms with Crippen LogP contribution in [0.15, 0.2) is 158 Å². The summed E-state index contributed by atoms with van der Waals surface area (Å²) in [6.07, 6.45) is 3.04. The van der Waals surface area contributed by atoms with E-state index in [1.807, 2.05) is 24.3 Å². The first-order valence-electron chi connectivity index (χ1n) is 17.6. The molecule has 11 rings (SSSR count). The molecule has 0 spiro atoms. The molecule has 5 heteroatoms. The Hall–Kier alpha value is -7.42. The van der Waals surface area contributed by atoms with Gasteiger partial charge in [0.2, 0.25) is 0 Å². The average molecular weight is 675 g/mol. The summed E-state index contributed by atoms with van der Waals surface area (Å²) in [5.41, 5.74) is 8.02. The fourth-order valence-corrected chi connectivity index (χ4v) is 8.45. The third-order valence-corrected chi connectivity index (χ3v) is 10.7. The minimum absolute atomic E-state index is 0.539. The number of hydrogen-bond donors (Lipinski definition) is 0. The van der Waals surface area contributed by atoms with Gasteiger partial charge in [0, 0.05) is 16.3 Å². The molecule has 1 aromatic heterocycles. The van der Waals surface area contributed by atoms with Gasteiger partial charge in [-0.3, -0.25) is 0 Å². The Bertz CT molecular complexity index is 3200. The van der Waals surface area contributed by atoms with Gasteiger partial charge in [-0.1, -0.05) is 121 Å². The van der Waals surface area contributed by atoms with Crippen LogP contribution in [0.25, 0.3) is 98.6 Å². The second-order valence-electron chi connectivity index (χ2n) is 13.5. The topological polar surface area (TPSA) is 71.7 Å². The maximum absolute atomic E-state index is 10.0. The standard InChI is InChI=1S/C48H26N4O/c49-25-28-17-18-34-33-13-6-7-14-38(33)46-45(42(34)23-28)39-21-19-35(37-20-22-40(47(53-46)44(37)39)48-51-26-50-27-52-48)41-24-30-11-4-5-12-32(30)43-31(15-8-16-36(41)43)29-9-2-1-3-10-29/h1-24,26-27H. The van der Waals surface area contributed by atoms with E-state index in [1.54, 1.807) is 0 Å². The first-order valence-corrected chi connectivity index (χ1v) is 17.6. The van der Waals surface area contributed by atoms with Crippen LogP contribution in [0.5, 0.6) is 11.5 Å². The molecule has 0 bridgehead atoms. The van der Waals surface area contributed by atoms with Gasteiger partial charge >= 0.3 is 0 Å². The lowest BCUT2D eigenvalue weighted by Gasteiger charge is -2.27. The summed E-state index contributed by atoms with van der Waals surface area (Å²) in [6, 6.07) is 53.6. The molecule has 0 saturated carbocycles. The van der Waals surface area contributed by atoms with Crippen molar-refractivity contribution in [2.24, 2.45) is 0 Å². The number of fused-ring (bicyclic) bond motifs is 10. The Kier molecular flexibility index (Phi) is 6.25. The van der Waals surface area contributed by atoms with Crippen LogP contribution in [0.1, 0.15) is 5.56 Å². The smallest absolute Gasteiger partial charge is 0.166 e. The third-order valence-electron chi connectivity index (χ3n) is 10.7. The van der Waals surface area contributed by atoms with E-state index in [-0.39, 0.29) is 0 Å². The van der Waals surface area contributed by atoms with Crippen molar-refractivity contribution in [3.8, 4) is 62.3 Å². The predicted molar refractivity (Wildman–Crippen MR) is 214 cm³/mol. The quantitative estimate of drug-likeness (QED) is 0.174. The summed E-state index contributed by atoms with van der Waals surface area (Å²) in [7, 11) is 0. The van der Waals surface area contributed by atoms with E-state index in [4.69, 9.17) is 4.74 Å². The molecule has 0 saturated heterocycles. The van der Waals surface area contributed by atoms with Crippen molar-refractivity contribution >= 4 is 53.9 Å². The van der Waals surface area contributed by atoms with Gasteiger partial charge in [0.05, 0.1) is 17.2 Å². The minimum Gasteiger partial charge on any atom is -0.455 e. The van der Waals surface area contributed by atoms with E-state index in [2.05, 4.69) is 142 Å². The average Bonchev–Trinajstić information content (AvgIpc) is 3.23.